The smallest absolute Gasteiger partial charge is 0.308 e. The molecule has 0 saturated carbocycles. The minimum Gasteiger partial charge on any atom is -0.456 e. The van der Waals surface area contributed by atoms with Gasteiger partial charge in [-0.25, -0.2) is 0 Å². The summed E-state index contributed by atoms with van der Waals surface area (Å²) < 4.78 is 10.3. The number of hydrogen-bond donors (Lipinski definition) is 0. The molecule has 2 amide bonds. The largest absolute Gasteiger partial charge is 0.456 e. The first kappa shape index (κ1) is 19.0. The summed E-state index contributed by atoms with van der Waals surface area (Å²) in [5.74, 6) is -0.911. The Bertz CT molecular complexity index is 937. The first-order valence-corrected chi connectivity index (χ1v) is 9.58. The first-order valence-electron chi connectivity index (χ1n) is 9.58. The third-order valence-corrected chi connectivity index (χ3v) is 5.27. The third kappa shape index (κ3) is 3.96. The number of ether oxygens (including phenoxy) is 1. The van der Waals surface area contributed by atoms with Crippen LogP contribution in [0.15, 0.2) is 40.9 Å². The van der Waals surface area contributed by atoms with Crippen molar-refractivity contribution in [3.05, 3.63) is 47.9 Å². The van der Waals surface area contributed by atoms with Crippen molar-refractivity contribution in [2.45, 2.75) is 32.8 Å². The zero-order valence-electron chi connectivity index (χ0n) is 16.0. The summed E-state index contributed by atoms with van der Waals surface area (Å²) in [5.41, 5.74) is 1.93. The fraction of sp³-hybridized carbons (Fsp3) is 0.381. The van der Waals surface area contributed by atoms with Crippen molar-refractivity contribution >= 4 is 17.8 Å². The van der Waals surface area contributed by atoms with Gasteiger partial charge in [0.1, 0.15) is 0 Å². The van der Waals surface area contributed by atoms with Gasteiger partial charge >= 0.3 is 5.97 Å². The van der Waals surface area contributed by atoms with Gasteiger partial charge in [0.2, 0.25) is 17.6 Å². The van der Waals surface area contributed by atoms with E-state index in [0.717, 1.165) is 11.1 Å². The number of esters is 1. The van der Waals surface area contributed by atoms with Crippen molar-refractivity contribution in [1.82, 2.24) is 15.0 Å². The number of carbonyl (C=O) groups is 3. The van der Waals surface area contributed by atoms with Gasteiger partial charge in [-0.1, -0.05) is 47.1 Å². The van der Waals surface area contributed by atoms with Crippen LogP contribution in [-0.2, 0) is 25.7 Å². The highest BCUT2D eigenvalue weighted by atomic mass is 16.6. The normalized spacial score (nSPS) is 20.8. The van der Waals surface area contributed by atoms with Gasteiger partial charge in [-0.05, 0) is 19.8 Å². The second-order valence-corrected chi connectivity index (χ2v) is 7.27. The maximum absolute atomic E-state index is 12.4. The molecule has 1 aromatic carbocycles. The van der Waals surface area contributed by atoms with Crippen molar-refractivity contribution in [3.8, 4) is 11.4 Å². The second-order valence-electron chi connectivity index (χ2n) is 7.27. The molecule has 1 aliphatic carbocycles. The summed E-state index contributed by atoms with van der Waals surface area (Å²) in [7, 11) is 0. The lowest BCUT2D eigenvalue weighted by atomic mass is 9.85. The van der Waals surface area contributed by atoms with Crippen molar-refractivity contribution in [3.63, 3.8) is 0 Å². The van der Waals surface area contributed by atoms with Crippen molar-refractivity contribution in [2.75, 3.05) is 6.54 Å². The van der Waals surface area contributed by atoms with E-state index in [1.807, 2.05) is 43.3 Å². The monoisotopic (exact) mass is 395 g/mol. The van der Waals surface area contributed by atoms with Gasteiger partial charge in [0.15, 0.2) is 6.61 Å². The summed E-state index contributed by atoms with van der Waals surface area (Å²) in [6, 6.07) is 7.65. The van der Waals surface area contributed by atoms with Crippen LogP contribution in [-0.4, -0.2) is 39.4 Å². The lowest BCUT2D eigenvalue weighted by Crippen LogP contribution is -2.33. The van der Waals surface area contributed by atoms with Crippen LogP contribution in [0.1, 0.15) is 30.7 Å². The number of likely N-dealkylation sites (tertiary alicyclic amines) is 1. The molecule has 1 fully saturated rings. The van der Waals surface area contributed by atoms with E-state index >= 15 is 0 Å². The number of allylic oxidation sites excluding steroid dienone is 2. The van der Waals surface area contributed by atoms with Crippen LogP contribution in [0.25, 0.3) is 11.4 Å². The summed E-state index contributed by atoms with van der Waals surface area (Å²) in [6.45, 7) is 1.86. The lowest BCUT2D eigenvalue weighted by Gasteiger charge is -2.14. The highest BCUT2D eigenvalue weighted by Gasteiger charge is 2.46. The molecule has 4 rings (SSSR count). The second kappa shape index (κ2) is 7.98. The molecule has 8 nitrogen and oxygen atoms in total. The molecule has 2 aliphatic rings. The van der Waals surface area contributed by atoms with E-state index in [0.29, 0.717) is 18.7 Å². The average Bonchev–Trinajstić information content (AvgIpc) is 3.30. The highest BCUT2D eigenvalue weighted by Crippen LogP contribution is 2.35. The molecule has 2 aromatic rings. The van der Waals surface area contributed by atoms with Gasteiger partial charge in [0.25, 0.3) is 5.89 Å². The van der Waals surface area contributed by atoms with E-state index in [-0.39, 0.29) is 49.1 Å². The SMILES string of the molecule is Cc1ccc(-c2noc(COC(=O)CCN3C(=O)[C@H]4CC=CC[C@@H]4C3=O)n2)cc1. The molecule has 1 aliphatic heterocycles. The highest BCUT2D eigenvalue weighted by molar-refractivity contribution is 6.05. The van der Waals surface area contributed by atoms with Crippen molar-refractivity contribution in [2.24, 2.45) is 11.8 Å². The molecule has 2 heterocycles. The number of aryl methyl sites for hydroxylation is 1. The molecule has 0 N–H and O–H groups in total. The van der Waals surface area contributed by atoms with E-state index in [9.17, 15) is 14.4 Å². The predicted octanol–water partition coefficient (Wildman–Crippen LogP) is 2.43. The molecular weight excluding hydrogens is 374 g/mol. The number of nitrogens with zero attached hydrogens (tertiary/aromatic N) is 3. The number of hydrogen-bond acceptors (Lipinski definition) is 7. The fourth-order valence-corrected chi connectivity index (χ4v) is 3.64. The zero-order chi connectivity index (χ0) is 20.4. The summed E-state index contributed by atoms with van der Waals surface area (Å²) in [6.07, 6.45) is 4.95. The fourth-order valence-electron chi connectivity index (χ4n) is 3.64. The molecule has 0 bridgehead atoms. The molecule has 150 valence electrons. The van der Waals surface area contributed by atoms with Crippen molar-refractivity contribution in [1.29, 1.82) is 0 Å². The third-order valence-electron chi connectivity index (χ3n) is 5.27. The standard InChI is InChI=1S/C21H21N3O5/c1-13-6-8-14(9-7-13)19-22-17(29-23-19)12-28-18(25)10-11-24-20(26)15-4-2-3-5-16(15)21(24)27/h2-3,6-9,15-16H,4-5,10-12H2,1H3/t15-,16-/m0/s1. The molecule has 0 radical (unpaired) electrons. The molecule has 1 aromatic heterocycles. The van der Waals surface area contributed by atoms with Crippen LogP contribution in [0.4, 0.5) is 0 Å². The van der Waals surface area contributed by atoms with Crippen LogP contribution in [0.3, 0.4) is 0 Å². The van der Waals surface area contributed by atoms with Crippen LogP contribution >= 0.6 is 0 Å². The van der Waals surface area contributed by atoms with E-state index in [1.165, 1.54) is 4.90 Å². The Morgan fingerprint density at radius 1 is 1.14 bits per heavy atom. The molecule has 2 atom stereocenters. The van der Waals surface area contributed by atoms with E-state index < -0.39 is 5.97 Å². The molecule has 1 saturated heterocycles. The molecule has 0 spiro atoms. The summed E-state index contributed by atoms with van der Waals surface area (Å²) in [4.78, 5) is 42.2. The number of carbonyl (C=O) groups excluding carboxylic acids is 3. The first-order chi connectivity index (χ1) is 14.0. The Hall–Kier alpha value is -3.29. The number of fused-ring (bicyclic) bond motifs is 1. The van der Waals surface area contributed by atoms with Crippen LogP contribution in [0.5, 0.6) is 0 Å². The van der Waals surface area contributed by atoms with Crippen LogP contribution < -0.4 is 0 Å². The van der Waals surface area contributed by atoms with E-state index in [2.05, 4.69) is 10.1 Å². The summed E-state index contributed by atoms with van der Waals surface area (Å²) in [5, 5.41) is 3.88. The van der Waals surface area contributed by atoms with Gasteiger partial charge in [-0.15, -0.1) is 0 Å². The molecule has 0 unspecified atom stereocenters. The maximum atomic E-state index is 12.4. The predicted molar refractivity (Wildman–Crippen MR) is 101 cm³/mol. The minimum absolute atomic E-state index is 0.0297. The van der Waals surface area contributed by atoms with Gasteiger partial charge < -0.3 is 9.26 Å². The summed E-state index contributed by atoms with van der Waals surface area (Å²) >= 11 is 0. The van der Waals surface area contributed by atoms with Crippen molar-refractivity contribution < 1.29 is 23.6 Å². The quantitative estimate of drug-likeness (QED) is 0.420. The Morgan fingerprint density at radius 2 is 1.79 bits per heavy atom. The van der Waals surface area contributed by atoms with E-state index in [1.54, 1.807) is 0 Å². The number of imide groups is 1. The van der Waals surface area contributed by atoms with Crippen LogP contribution in [0, 0.1) is 18.8 Å². The maximum Gasteiger partial charge on any atom is 0.308 e. The molecule has 29 heavy (non-hydrogen) atoms. The molecule has 8 heteroatoms. The average molecular weight is 395 g/mol. The Labute approximate surface area is 167 Å². The van der Waals surface area contributed by atoms with E-state index in [4.69, 9.17) is 9.26 Å². The number of rotatable bonds is 6. The Balaban J connectivity index is 1.27. The van der Waals surface area contributed by atoms with Crippen LogP contribution in [0.2, 0.25) is 0 Å². The number of amides is 2. The number of aromatic nitrogens is 2. The Morgan fingerprint density at radius 3 is 2.45 bits per heavy atom. The van der Waals surface area contributed by atoms with Gasteiger partial charge in [0.05, 0.1) is 18.3 Å². The topological polar surface area (TPSA) is 103 Å². The molecular formula is C21H21N3O5. The van der Waals surface area contributed by atoms with Gasteiger partial charge in [0, 0.05) is 12.1 Å². The Kier molecular flexibility index (Phi) is 5.24. The zero-order valence-corrected chi connectivity index (χ0v) is 16.0. The van der Waals surface area contributed by atoms with Gasteiger partial charge in [-0.3, -0.25) is 19.3 Å². The minimum atomic E-state index is -0.534. The van der Waals surface area contributed by atoms with Gasteiger partial charge in [-0.2, -0.15) is 4.98 Å². The lowest BCUT2D eigenvalue weighted by molar-refractivity contribution is -0.147. The number of benzene rings is 1.